The summed E-state index contributed by atoms with van der Waals surface area (Å²) in [7, 11) is 0. The smallest absolute Gasteiger partial charge is 0.0575 e. The summed E-state index contributed by atoms with van der Waals surface area (Å²) in [5.41, 5.74) is 0. The van der Waals surface area contributed by atoms with Crippen LogP contribution in [0.2, 0.25) is 0 Å². The van der Waals surface area contributed by atoms with E-state index in [4.69, 9.17) is 4.74 Å². The molecular formula is C26H50O. The third kappa shape index (κ3) is 10.3. The SMILES string of the molecule is CCCCCCCC1CCC(OCCC[C@H]2CC[C@H](CCCC)CC2)CC1. The highest BCUT2D eigenvalue weighted by Gasteiger charge is 2.22. The van der Waals surface area contributed by atoms with Gasteiger partial charge in [0, 0.05) is 6.61 Å². The first-order valence-corrected chi connectivity index (χ1v) is 12.9. The second kappa shape index (κ2) is 14.9. The van der Waals surface area contributed by atoms with Crippen LogP contribution in [0.5, 0.6) is 0 Å². The Balaban J connectivity index is 1.41. The largest absolute Gasteiger partial charge is 0.378 e. The molecule has 27 heavy (non-hydrogen) atoms. The zero-order chi connectivity index (χ0) is 19.2. The third-order valence-corrected chi connectivity index (χ3v) is 7.55. The van der Waals surface area contributed by atoms with Gasteiger partial charge in [-0.2, -0.15) is 0 Å². The lowest BCUT2D eigenvalue weighted by Gasteiger charge is -2.30. The molecule has 2 aliphatic rings. The van der Waals surface area contributed by atoms with Crippen LogP contribution in [0.1, 0.15) is 136 Å². The molecule has 0 aromatic heterocycles. The van der Waals surface area contributed by atoms with Crippen molar-refractivity contribution in [3.05, 3.63) is 0 Å². The molecule has 2 fully saturated rings. The second-order valence-corrected chi connectivity index (χ2v) is 9.89. The fraction of sp³-hybridized carbons (Fsp3) is 1.00. The van der Waals surface area contributed by atoms with Gasteiger partial charge in [0.2, 0.25) is 0 Å². The fourth-order valence-electron chi connectivity index (χ4n) is 5.55. The minimum Gasteiger partial charge on any atom is -0.378 e. The quantitative estimate of drug-likeness (QED) is 0.275. The van der Waals surface area contributed by atoms with Gasteiger partial charge in [0.25, 0.3) is 0 Å². The fourth-order valence-corrected chi connectivity index (χ4v) is 5.55. The summed E-state index contributed by atoms with van der Waals surface area (Å²) in [6.45, 7) is 5.66. The van der Waals surface area contributed by atoms with Crippen LogP contribution >= 0.6 is 0 Å². The maximum atomic E-state index is 6.25. The molecule has 0 radical (unpaired) electrons. The molecule has 160 valence electrons. The molecule has 2 saturated carbocycles. The average Bonchev–Trinajstić information content (AvgIpc) is 2.71. The number of unbranched alkanes of at least 4 members (excludes halogenated alkanes) is 5. The minimum atomic E-state index is 0.589. The summed E-state index contributed by atoms with van der Waals surface area (Å²) in [6.07, 6.45) is 27.8. The van der Waals surface area contributed by atoms with Crippen molar-refractivity contribution in [3.63, 3.8) is 0 Å². The van der Waals surface area contributed by atoms with Crippen molar-refractivity contribution in [1.29, 1.82) is 0 Å². The number of rotatable bonds is 14. The predicted molar refractivity (Wildman–Crippen MR) is 119 cm³/mol. The lowest BCUT2D eigenvalue weighted by molar-refractivity contribution is 0.0131. The van der Waals surface area contributed by atoms with Crippen LogP contribution in [0, 0.1) is 17.8 Å². The van der Waals surface area contributed by atoms with Crippen molar-refractivity contribution in [1.82, 2.24) is 0 Å². The van der Waals surface area contributed by atoms with E-state index in [1.54, 1.807) is 0 Å². The van der Waals surface area contributed by atoms with E-state index in [0.29, 0.717) is 6.10 Å². The van der Waals surface area contributed by atoms with E-state index in [-0.39, 0.29) is 0 Å². The molecule has 0 aromatic rings. The van der Waals surface area contributed by atoms with E-state index in [9.17, 15) is 0 Å². The minimum absolute atomic E-state index is 0.589. The number of ether oxygens (including phenoxy) is 1. The van der Waals surface area contributed by atoms with E-state index in [1.807, 2.05) is 0 Å². The summed E-state index contributed by atoms with van der Waals surface area (Å²) >= 11 is 0. The Morgan fingerprint density at radius 2 is 1.00 bits per heavy atom. The normalized spacial score (nSPS) is 29.1. The van der Waals surface area contributed by atoms with Crippen molar-refractivity contribution in [2.24, 2.45) is 17.8 Å². The Morgan fingerprint density at radius 3 is 1.59 bits per heavy atom. The van der Waals surface area contributed by atoms with Gasteiger partial charge in [0.05, 0.1) is 6.10 Å². The monoisotopic (exact) mass is 378 g/mol. The Labute approximate surface area is 171 Å². The standard InChI is InChI=1S/C26H50O/c1-3-5-7-8-9-12-24-18-20-26(21-19-24)27-22-10-13-25-16-14-23(15-17-25)11-6-4-2/h23-26H,3-22H2,1-2H3/t23-,24?,25-,26?. The summed E-state index contributed by atoms with van der Waals surface area (Å²) in [4.78, 5) is 0. The average molecular weight is 379 g/mol. The Hall–Kier alpha value is -0.0400. The molecule has 1 nitrogen and oxygen atoms in total. The molecule has 0 atom stereocenters. The molecule has 2 rings (SSSR count). The summed E-state index contributed by atoms with van der Waals surface area (Å²) in [5, 5.41) is 0. The van der Waals surface area contributed by atoms with Crippen LogP contribution in [-0.2, 0) is 4.74 Å². The van der Waals surface area contributed by atoms with Gasteiger partial charge in [-0.25, -0.2) is 0 Å². The van der Waals surface area contributed by atoms with Gasteiger partial charge < -0.3 is 4.74 Å². The van der Waals surface area contributed by atoms with Crippen LogP contribution in [0.15, 0.2) is 0 Å². The van der Waals surface area contributed by atoms with Gasteiger partial charge in [0.15, 0.2) is 0 Å². The molecule has 2 aliphatic carbocycles. The highest BCUT2D eigenvalue weighted by atomic mass is 16.5. The van der Waals surface area contributed by atoms with Crippen LogP contribution < -0.4 is 0 Å². The van der Waals surface area contributed by atoms with Gasteiger partial charge in [-0.3, -0.25) is 0 Å². The van der Waals surface area contributed by atoms with Gasteiger partial charge in [-0.1, -0.05) is 97.3 Å². The van der Waals surface area contributed by atoms with E-state index in [0.717, 1.165) is 24.4 Å². The maximum Gasteiger partial charge on any atom is 0.0575 e. The topological polar surface area (TPSA) is 9.23 Å². The van der Waals surface area contributed by atoms with Gasteiger partial charge in [0.1, 0.15) is 0 Å². The van der Waals surface area contributed by atoms with Crippen molar-refractivity contribution >= 4 is 0 Å². The maximum absolute atomic E-state index is 6.25. The molecular weight excluding hydrogens is 328 g/mol. The molecule has 0 bridgehead atoms. The first kappa shape index (κ1) is 23.2. The number of hydrogen-bond acceptors (Lipinski definition) is 1. The van der Waals surface area contributed by atoms with Gasteiger partial charge in [-0.15, -0.1) is 0 Å². The van der Waals surface area contributed by atoms with Crippen LogP contribution in [0.4, 0.5) is 0 Å². The Kier molecular flexibility index (Phi) is 12.8. The third-order valence-electron chi connectivity index (χ3n) is 7.55. The van der Waals surface area contributed by atoms with Gasteiger partial charge >= 0.3 is 0 Å². The number of hydrogen-bond donors (Lipinski definition) is 0. The molecule has 0 heterocycles. The molecule has 0 aliphatic heterocycles. The van der Waals surface area contributed by atoms with E-state index >= 15 is 0 Å². The summed E-state index contributed by atoms with van der Waals surface area (Å²) in [6, 6.07) is 0. The van der Waals surface area contributed by atoms with Crippen molar-refractivity contribution in [3.8, 4) is 0 Å². The highest BCUT2D eigenvalue weighted by Crippen LogP contribution is 2.34. The van der Waals surface area contributed by atoms with E-state index in [1.165, 1.54) is 122 Å². The van der Waals surface area contributed by atoms with Gasteiger partial charge in [-0.05, 0) is 56.3 Å². The Morgan fingerprint density at radius 1 is 0.519 bits per heavy atom. The van der Waals surface area contributed by atoms with Crippen molar-refractivity contribution in [2.45, 2.75) is 142 Å². The second-order valence-electron chi connectivity index (χ2n) is 9.89. The van der Waals surface area contributed by atoms with E-state index < -0.39 is 0 Å². The molecule has 1 heteroatoms. The molecule has 0 saturated heterocycles. The summed E-state index contributed by atoms with van der Waals surface area (Å²) < 4.78 is 6.25. The van der Waals surface area contributed by atoms with Crippen LogP contribution in [0.3, 0.4) is 0 Å². The molecule has 0 unspecified atom stereocenters. The Bertz CT molecular complexity index is 323. The van der Waals surface area contributed by atoms with Crippen LogP contribution in [0.25, 0.3) is 0 Å². The van der Waals surface area contributed by atoms with Crippen molar-refractivity contribution < 1.29 is 4.74 Å². The lowest BCUT2D eigenvalue weighted by Crippen LogP contribution is -2.22. The van der Waals surface area contributed by atoms with Crippen LogP contribution in [-0.4, -0.2) is 12.7 Å². The van der Waals surface area contributed by atoms with Crippen molar-refractivity contribution in [2.75, 3.05) is 6.61 Å². The first-order chi connectivity index (χ1) is 13.3. The lowest BCUT2D eigenvalue weighted by atomic mass is 9.78. The zero-order valence-electron chi connectivity index (χ0n) is 18.9. The molecule has 0 amide bonds. The predicted octanol–water partition coefficient (Wildman–Crippen LogP) is 8.70. The zero-order valence-corrected chi connectivity index (χ0v) is 18.9. The molecule has 0 N–H and O–H groups in total. The first-order valence-electron chi connectivity index (χ1n) is 12.9. The summed E-state index contributed by atoms with van der Waals surface area (Å²) in [5.74, 6) is 3.07. The van der Waals surface area contributed by atoms with E-state index in [2.05, 4.69) is 13.8 Å². The molecule has 0 spiro atoms. The highest BCUT2D eigenvalue weighted by molar-refractivity contribution is 4.74. The molecule has 0 aromatic carbocycles.